The van der Waals surface area contributed by atoms with Gasteiger partial charge in [0.15, 0.2) is 0 Å². The molecule has 0 fully saturated rings. The number of nitrogens with one attached hydrogen (secondary N) is 1. The second-order valence-corrected chi connectivity index (χ2v) is 5.55. The quantitative estimate of drug-likeness (QED) is 0.855. The van der Waals surface area contributed by atoms with E-state index in [1.807, 2.05) is 25.2 Å². The highest BCUT2D eigenvalue weighted by Crippen LogP contribution is 2.24. The molecule has 0 aromatic heterocycles. The van der Waals surface area contributed by atoms with Crippen molar-refractivity contribution in [2.45, 2.75) is 12.5 Å². The fourth-order valence-electron chi connectivity index (χ4n) is 2.65. The Morgan fingerprint density at radius 3 is 2.38 bits per heavy atom. The molecule has 3 heteroatoms. The van der Waals surface area contributed by atoms with Crippen molar-refractivity contribution in [2.75, 3.05) is 32.1 Å². The second-order valence-electron chi connectivity index (χ2n) is 5.55. The Kier molecular flexibility index (Phi) is 4.99. The van der Waals surface area contributed by atoms with Gasteiger partial charge in [0.25, 0.3) is 0 Å². The monoisotopic (exact) mass is 284 g/mol. The Bertz CT molecular complexity index is 564. The number of rotatable bonds is 6. The average Bonchev–Trinajstić information content (AvgIpc) is 2.53. The lowest BCUT2D eigenvalue weighted by Crippen LogP contribution is -2.51. The molecule has 0 amide bonds. The SMILES string of the molecule is CNC(CO)(CN(C)c1cccc(C)c1)c1ccccc1. The molecule has 112 valence electrons. The highest BCUT2D eigenvalue weighted by atomic mass is 16.3. The topological polar surface area (TPSA) is 35.5 Å². The molecule has 0 bridgehead atoms. The van der Waals surface area contributed by atoms with E-state index in [2.05, 4.69) is 60.6 Å². The molecule has 1 atom stereocenters. The zero-order valence-corrected chi connectivity index (χ0v) is 13.0. The largest absolute Gasteiger partial charge is 0.394 e. The summed E-state index contributed by atoms with van der Waals surface area (Å²) in [4.78, 5) is 2.17. The predicted octanol–water partition coefficient (Wildman–Crippen LogP) is 2.54. The third-order valence-corrected chi connectivity index (χ3v) is 4.02. The third-order valence-electron chi connectivity index (χ3n) is 4.02. The molecule has 2 aromatic carbocycles. The second kappa shape index (κ2) is 6.74. The van der Waals surface area contributed by atoms with Crippen LogP contribution >= 0.6 is 0 Å². The molecule has 0 aliphatic heterocycles. The van der Waals surface area contributed by atoms with Crippen molar-refractivity contribution in [2.24, 2.45) is 0 Å². The van der Waals surface area contributed by atoms with Crippen molar-refractivity contribution < 1.29 is 5.11 Å². The van der Waals surface area contributed by atoms with Gasteiger partial charge in [-0.2, -0.15) is 0 Å². The van der Waals surface area contributed by atoms with Crippen molar-refractivity contribution in [1.29, 1.82) is 0 Å². The first-order valence-corrected chi connectivity index (χ1v) is 7.24. The van der Waals surface area contributed by atoms with E-state index in [0.717, 1.165) is 11.3 Å². The van der Waals surface area contributed by atoms with E-state index in [-0.39, 0.29) is 6.61 Å². The Labute approximate surface area is 127 Å². The summed E-state index contributed by atoms with van der Waals surface area (Å²) in [6, 6.07) is 18.5. The van der Waals surface area contributed by atoms with Gasteiger partial charge in [-0.3, -0.25) is 0 Å². The van der Waals surface area contributed by atoms with Crippen LogP contribution in [-0.4, -0.2) is 32.4 Å². The summed E-state index contributed by atoms with van der Waals surface area (Å²) in [6.45, 7) is 2.82. The number of aliphatic hydroxyl groups is 1. The summed E-state index contributed by atoms with van der Waals surface area (Å²) in [6.07, 6.45) is 0. The van der Waals surface area contributed by atoms with Crippen LogP contribution in [0.15, 0.2) is 54.6 Å². The van der Waals surface area contributed by atoms with Crippen LogP contribution in [0.3, 0.4) is 0 Å². The molecule has 0 aliphatic rings. The van der Waals surface area contributed by atoms with E-state index in [4.69, 9.17) is 0 Å². The fraction of sp³-hybridized carbons (Fsp3) is 0.333. The Hall–Kier alpha value is -1.84. The summed E-state index contributed by atoms with van der Waals surface area (Å²) in [5.41, 5.74) is 3.01. The number of anilines is 1. The minimum Gasteiger partial charge on any atom is -0.394 e. The summed E-state index contributed by atoms with van der Waals surface area (Å²) < 4.78 is 0. The van der Waals surface area contributed by atoms with Crippen LogP contribution in [0.1, 0.15) is 11.1 Å². The standard InChI is InChI=1S/C18H24N2O/c1-15-8-7-11-17(12-15)20(3)13-18(14-21,19-2)16-9-5-4-6-10-16/h4-12,19,21H,13-14H2,1-3H3. The summed E-state index contributed by atoms with van der Waals surface area (Å²) in [5.74, 6) is 0. The minimum atomic E-state index is -0.472. The number of likely N-dealkylation sites (N-methyl/N-ethyl adjacent to an activating group) is 2. The predicted molar refractivity (Wildman–Crippen MR) is 88.7 cm³/mol. The van der Waals surface area contributed by atoms with Gasteiger partial charge in [0.2, 0.25) is 0 Å². The van der Waals surface area contributed by atoms with Gasteiger partial charge in [0.05, 0.1) is 12.1 Å². The van der Waals surface area contributed by atoms with Crippen LogP contribution in [-0.2, 0) is 5.54 Å². The van der Waals surface area contributed by atoms with Crippen molar-refractivity contribution in [3.05, 3.63) is 65.7 Å². The summed E-state index contributed by atoms with van der Waals surface area (Å²) in [7, 11) is 3.95. The van der Waals surface area contributed by atoms with Gasteiger partial charge in [-0.1, -0.05) is 42.5 Å². The number of aliphatic hydroxyl groups excluding tert-OH is 1. The number of benzene rings is 2. The first kappa shape index (κ1) is 15.5. The normalized spacial score (nSPS) is 13.7. The van der Waals surface area contributed by atoms with E-state index < -0.39 is 5.54 Å². The Morgan fingerprint density at radius 2 is 1.81 bits per heavy atom. The van der Waals surface area contributed by atoms with E-state index in [9.17, 15) is 5.11 Å². The van der Waals surface area contributed by atoms with Crippen LogP contribution in [0, 0.1) is 6.92 Å². The average molecular weight is 284 g/mol. The zero-order chi connectivity index (χ0) is 15.3. The molecule has 0 spiro atoms. The third kappa shape index (κ3) is 3.43. The van der Waals surface area contributed by atoms with Gasteiger partial charge < -0.3 is 15.3 Å². The molecule has 1 unspecified atom stereocenters. The molecule has 2 rings (SSSR count). The molecule has 2 N–H and O–H groups in total. The lowest BCUT2D eigenvalue weighted by Gasteiger charge is -2.37. The van der Waals surface area contributed by atoms with Crippen LogP contribution in [0.25, 0.3) is 0 Å². The first-order valence-electron chi connectivity index (χ1n) is 7.24. The van der Waals surface area contributed by atoms with Crippen LogP contribution in [0.2, 0.25) is 0 Å². The first-order chi connectivity index (χ1) is 10.1. The van der Waals surface area contributed by atoms with Crippen LogP contribution < -0.4 is 10.2 Å². The maximum absolute atomic E-state index is 9.99. The van der Waals surface area contributed by atoms with Gasteiger partial charge in [-0.15, -0.1) is 0 Å². The maximum Gasteiger partial charge on any atom is 0.0843 e. The molecule has 0 heterocycles. The van der Waals surface area contributed by atoms with Gasteiger partial charge in [-0.05, 0) is 37.2 Å². The zero-order valence-electron chi connectivity index (χ0n) is 13.0. The van der Waals surface area contributed by atoms with Crippen molar-refractivity contribution in [3.8, 4) is 0 Å². The highest BCUT2D eigenvalue weighted by molar-refractivity contribution is 5.48. The van der Waals surface area contributed by atoms with E-state index in [1.165, 1.54) is 5.56 Å². The molecular weight excluding hydrogens is 260 g/mol. The van der Waals surface area contributed by atoms with E-state index in [0.29, 0.717) is 6.54 Å². The smallest absolute Gasteiger partial charge is 0.0843 e. The number of nitrogens with zero attached hydrogens (tertiary/aromatic N) is 1. The minimum absolute atomic E-state index is 0.0453. The lowest BCUT2D eigenvalue weighted by molar-refractivity contribution is 0.173. The number of hydrogen-bond acceptors (Lipinski definition) is 3. The van der Waals surface area contributed by atoms with Crippen LogP contribution in [0.5, 0.6) is 0 Å². The van der Waals surface area contributed by atoms with Crippen molar-refractivity contribution >= 4 is 5.69 Å². The summed E-state index contributed by atoms with van der Waals surface area (Å²) >= 11 is 0. The summed E-state index contributed by atoms with van der Waals surface area (Å²) in [5, 5.41) is 13.3. The maximum atomic E-state index is 9.99. The van der Waals surface area contributed by atoms with E-state index in [1.54, 1.807) is 0 Å². The molecule has 0 aliphatic carbocycles. The Balaban J connectivity index is 2.28. The molecule has 3 nitrogen and oxygen atoms in total. The van der Waals surface area contributed by atoms with Gasteiger partial charge >= 0.3 is 0 Å². The van der Waals surface area contributed by atoms with Crippen molar-refractivity contribution in [3.63, 3.8) is 0 Å². The van der Waals surface area contributed by atoms with Crippen LogP contribution in [0.4, 0.5) is 5.69 Å². The number of aryl methyl sites for hydroxylation is 1. The molecule has 2 aromatic rings. The highest BCUT2D eigenvalue weighted by Gasteiger charge is 2.31. The molecule has 0 saturated heterocycles. The fourth-order valence-corrected chi connectivity index (χ4v) is 2.65. The lowest BCUT2D eigenvalue weighted by atomic mass is 9.90. The molecule has 0 radical (unpaired) electrons. The van der Waals surface area contributed by atoms with Gasteiger partial charge in [0.1, 0.15) is 0 Å². The number of hydrogen-bond donors (Lipinski definition) is 2. The molecular formula is C18H24N2O. The van der Waals surface area contributed by atoms with Gasteiger partial charge in [0, 0.05) is 19.3 Å². The molecule has 21 heavy (non-hydrogen) atoms. The Morgan fingerprint density at radius 1 is 1.10 bits per heavy atom. The van der Waals surface area contributed by atoms with E-state index >= 15 is 0 Å². The van der Waals surface area contributed by atoms with Gasteiger partial charge in [-0.25, -0.2) is 0 Å². The van der Waals surface area contributed by atoms with Crippen molar-refractivity contribution in [1.82, 2.24) is 5.32 Å². The molecule has 0 saturated carbocycles.